The summed E-state index contributed by atoms with van der Waals surface area (Å²) in [6.45, 7) is 0.730. The molecule has 0 amide bonds. The normalized spacial score (nSPS) is 15.2. The zero-order valence-electron chi connectivity index (χ0n) is 20.2. The van der Waals surface area contributed by atoms with Gasteiger partial charge in [0.1, 0.15) is 23.5 Å². The van der Waals surface area contributed by atoms with Gasteiger partial charge in [0.15, 0.2) is 11.5 Å². The largest absolute Gasteiger partial charge is 0.373 e. The topological polar surface area (TPSA) is 122 Å². The van der Waals surface area contributed by atoms with Crippen LogP contribution >= 0.6 is 11.6 Å². The number of H-pyrrole nitrogens is 1. The summed E-state index contributed by atoms with van der Waals surface area (Å²) < 4.78 is 3.21. The van der Waals surface area contributed by atoms with E-state index in [4.69, 9.17) is 16.7 Å². The third kappa shape index (κ3) is 3.36. The number of aromatic amines is 1. The zero-order valence-corrected chi connectivity index (χ0v) is 21.0. The Bertz CT molecular complexity index is 1860. The van der Waals surface area contributed by atoms with E-state index in [1.165, 1.54) is 6.33 Å². The number of anilines is 2. The molecule has 38 heavy (non-hydrogen) atoms. The van der Waals surface area contributed by atoms with Gasteiger partial charge >= 0.3 is 0 Å². The second kappa shape index (κ2) is 8.67. The summed E-state index contributed by atoms with van der Waals surface area (Å²) in [6.07, 6.45) is 5.78. The van der Waals surface area contributed by atoms with Gasteiger partial charge in [-0.05, 0) is 36.8 Å². The molecule has 2 N–H and O–H groups in total. The number of aromatic nitrogens is 8. The molecule has 6 heterocycles. The van der Waals surface area contributed by atoms with Crippen LogP contribution in [0.2, 0.25) is 5.02 Å². The van der Waals surface area contributed by atoms with E-state index in [0.29, 0.717) is 27.8 Å². The molecule has 0 saturated carbocycles. The van der Waals surface area contributed by atoms with Crippen molar-refractivity contribution in [3.05, 3.63) is 88.5 Å². The molecular formula is C26H21ClN10O. The lowest BCUT2D eigenvalue weighted by molar-refractivity contribution is 0.424. The van der Waals surface area contributed by atoms with Crippen LogP contribution in [0, 0.1) is 0 Å². The van der Waals surface area contributed by atoms with Crippen LogP contribution in [0.15, 0.2) is 72.0 Å². The molecule has 1 aromatic carbocycles. The summed E-state index contributed by atoms with van der Waals surface area (Å²) in [5.41, 5.74) is 3.02. The molecule has 12 heteroatoms. The van der Waals surface area contributed by atoms with Gasteiger partial charge in [0.2, 0.25) is 0 Å². The van der Waals surface area contributed by atoms with Crippen LogP contribution in [-0.2, 0) is 0 Å². The highest BCUT2D eigenvalue weighted by Gasteiger charge is 2.37. The van der Waals surface area contributed by atoms with Gasteiger partial charge in [-0.3, -0.25) is 14.5 Å². The summed E-state index contributed by atoms with van der Waals surface area (Å²) in [6, 6.07) is 14.8. The fourth-order valence-corrected chi connectivity index (χ4v) is 5.18. The van der Waals surface area contributed by atoms with Crippen LogP contribution in [-0.4, -0.2) is 52.9 Å². The van der Waals surface area contributed by atoms with Crippen molar-refractivity contribution in [3.8, 4) is 16.9 Å². The van der Waals surface area contributed by atoms with Crippen molar-refractivity contribution < 1.29 is 0 Å². The summed E-state index contributed by atoms with van der Waals surface area (Å²) in [7, 11) is 1.83. The SMILES string of the molecule is CNc1ccc(-c2[nH]nc3ncnc(N4CCC4c4nn5ccc(Cl)c5c(=O)n4-c4ccccc4)c23)cn1. The quantitative estimate of drug-likeness (QED) is 0.348. The molecule has 0 aliphatic carbocycles. The first-order chi connectivity index (χ1) is 18.6. The highest BCUT2D eigenvalue weighted by atomic mass is 35.5. The minimum absolute atomic E-state index is 0.209. The second-order valence-corrected chi connectivity index (χ2v) is 9.37. The van der Waals surface area contributed by atoms with E-state index in [9.17, 15) is 4.79 Å². The minimum atomic E-state index is -0.226. The Kier molecular flexibility index (Phi) is 5.11. The van der Waals surface area contributed by atoms with Crippen LogP contribution < -0.4 is 15.8 Å². The molecule has 0 spiro atoms. The van der Waals surface area contributed by atoms with Crippen LogP contribution in [0.5, 0.6) is 0 Å². The third-order valence-corrected chi connectivity index (χ3v) is 7.21. The average Bonchev–Trinajstić information content (AvgIpc) is 3.53. The van der Waals surface area contributed by atoms with Gasteiger partial charge < -0.3 is 10.2 Å². The summed E-state index contributed by atoms with van der Waals surface area (Å²) in [5.74, 6) is 2.08. The number of halogens is 1. The molecule has 11 nitrogen and oxygen atoms in total. The maximum atomic E-state index is 13.7. The maximum Gasteiger partial charge on any atom is 0.284 e. The number of hydrogen-bond acceptors (Lipinski definition) is 8. The van der Waals surface area contributed by atoms with Crippen molar-refractivity contribution >= 4 is 39.8 Å². The van der Waals surface area contributed by atoms with Gasteiger partial charge in [0.05, 0.1) is 27.8 Å². The summed E-state index contributed by atoms with van der Waals surface area (Å²) >= 11 is 6.37. The van der Waals surface area contributed by atoms with E-state index >= 15 is 0 Å². The van der Waals surface area contributed by atoms with Crippen LogP contribution in [0.4, 0.5) is 11.6 Å². The van der Waals surface area contributed by atoms with Gasteiger partial charge in [-0.2, -0.15) is 10.2 Å². The average molecular weight is 525 g/mol. The minimum Gasteiger partial charge on any atom is -0.373 e. The molecule has 1 atom stereocenters. The van der Waals surface area contributed by atoms with Crippen molar-refractivity contribution in [3.63, 3.8) is 0 Å². The number of para-hydroxylation sites is 1. The van der Waals surface area contributed by atoms with E-state index in [1.807, 2.05) is 49.5 Å². The molecule has 7 rings (SSSR count). The lowest BCUT2D eigenvalue weighted by atomic mass is 10.0. The van der Waals surface area contributed by atoms with E-state index in [2.05, 4.69) is 35.4 Å². The molecule has 0 radical (unpaired) electrons. The molecular weight excluding hydrogens is 504 g/mol. The number of nitrogens with zero attached hydrogens (tertiary/aromatic N) is 8. The van der Waals surface area contributed by atoms with Crippen molar-refractivity contribution in [2.45, 2.75) is 12.5 Å². The van der Waals surface area contributed by atoms with Gasteiger partial charge in [0.25, 0.3) is 5.56 Å². The van der Waals surface area contributed by atoms with E-state index in [0.717, 1.165) is 41.1 Å². The van der Waals surface area contributed by atoms with Gasteiger partial charge in [-0.15, -0.1) is 0 Å². The first kappa shape index (κ1) is 22.4. The Morgan fingerprint density at radius 1 is 1.08 bits per heavy atom. The monoisotopic (exact) mass is 524 g/mol. The molecule has 1 aliphatic rings. The van der Waals surface area contributed by atoms with Gasteiger partial charge in [-0.25, -0.2) is 19.5 Å². The molecule has 1 saturated heterocycles. The highest BCUT2D eigenvalue weighted by Crippen LogP contribution is 2.41. The van der Waals surface area contributed by atoms with E-state index in [-0.39, 0.29) is 11.6 Å². The third-order valence-electron chi connectivity index (χ3n) is 6.91. The van der Waals surface area contributed by atoms with Gasteiger partial charge in [-0.1, -0.05) is 29.8 Å². The predicted molar refractivity (Wildman–Crippen MR) is 145 cm³/mol. The Morgan fingerprint density at radius 3 is 2.68 bits per heavy atom. The first-order valence-electron chi connectivity index (χ1n) is 12.1. The van der Waals surface area contributed by atoms with Crippen molar-refractivity contribution in [2.24, 2.45) is 0 Å². The predicted octanol–water partition coefficient (Wildman–Crippen LogP) is 3.86. The Labute approximate surface area is 220 Å². The molecule has 0 bridgehead atoms. The lowest BCUT2D eigenvalue weighted by Crippen LogP contribution is -2.45. The van der Waals surface area contributed by atoms with E-state index in [1.54, 1.807) is 27.5 Å². The molecule has 1 unspecified atom stereocenters. The number of hydrogen-bond donors (Lipinski definition) is 2. The fraction of sp³-hybridized carbons (Fsp3) is 0.154. The second-order valence-electron chi connectivity index (χ2n) is 8.97. The number of nitrogens with one attached hydrogen (secondary N) is 2. The van der Waals surface area contributed by atoms with Crippen molar-refractivity contribution in [2.75, 3.05) is 23.8 Å². The van der Waals surface area contributed by atoms with Gasteiger partial charge in [0, 0.05) is 31.5 Å². The van der Waals surface area contributed by atoms with Crippen molar-refractivity contribution in [1.82, 2.24) is 39.3 Å². The molecule has 6 aromatic rings. The smallest absolute Gasteiger partial charge is 0.284 e. The number of pyridine rings is 1. The highest BCUT2D eigenvalue weighted by molar-refractivity contribution is 6.33. The number of rotatable bonds is 5. The van der Waals surface area contributed by atoms with Crippen LogP contribution in [0.25, 0.3) is 33.5 Å². The molecule has 188 valence electrons. The summed E-state index contributed by atoms with van der Waals surface area (Å²) in [5, 5.41) is 16.6. The molecule has 1 fully saturated rings. The molecule has 1 aliphatic heterocycles. The number of fused-ring (bicyclic) bond motifs is 2. The van der Waals surface area contributed by atoms with E-state index < -0.39 is 0 Å². The fourth-order valence-electron chi connectivity index (χ4n) is 4.96. The number of benzene rings is 1. The standard InChI is InChI=1S/C26H21ClN10O/c1-28-19-8-7-15(13-29-19)21-20-23(33-32-21)30-14-31-25(20)35-11-10-18(35)24-34-36-12-9-17(27)22(36)26(38)37(24)16-5-3-2-4-6-16/h2-9,12-14,18H,10-11H2,1H3,(H,28,29)(H,30,31,32,33). The van der Waals surface area contributed by atoms with Crippen LogP contribution in [0.1, 0.15) is 18.3 Å². The Balaban J connectivity index is 1.39. The summed E-state index contributed by atoms with van der Waals surface area (Å²) in [4.78, 5) is 29.4. The zero-order chi connectivity index (χ0) is 25.8. The Morgan fingerprint density at radius 2 is 1.95 bits per heavy atom. The van der Waals surface area contributed by atoms with Crippen molar-refractivity contribution in [1.29, 1.82) is 0 Å². The first-order valence-corrected chi connectivity index (χ1v) is 12.5. The molecule has 5 aromatic heterocycles. The lowest BCUT2D eigenvalue weighted by Gasteiger charge is -2.42. The maximum absolute atomic E-state index is 13.7. The Hall–Kier alpha value is -4.77. The van der Waals surface area contributed by atoms with Crippen LogP contribution in [0.3, 0.4) is 0 Å².